The number of nitrogens with zero attached hydrogens (tertiary/aromatic N) is 4. The van der Waals surface area contributed by atoms with Gasteiger partial charge >= 0.3 is 0 Å². The molecule has 102 valence electrons. The van der Waals surface area contributed by atoms with Gasteiger partial charge in [0.1, 0.15) is 5.82 Å². The van der Waals surface area contributed by atoms with Crippen molar-refractivity contribution < 1.29 is 4.79 Å². The molecular weight excluding hydrogens is 262 g/mol. The van der Waals surface area contributed by atoms with E-state index < -0.39 is 0 Å². The van der Waals surface area contributed by atoms with Crippen molar-refractivity contribution in [1.82, 2.24) is 15.0 Å². The van der Waals surface area contributed by atoms with Gasteiger partial charge < -0.3 is 5.73 Å². The van der Waals surface area contributed by atoms with Crippen molar-refractivity contribution in [2.45, 2.75) is 30.3 Å². The van der Waals surface area contributed by atoms with Crippen LogP contribution < -0.4 is 10.6 Å². The van der Waals surface area contributed by atoms with Gasteiger partial charge in [0.25, 0.3) is 0 Å². The maximum absolute atomic E-state index is 12.0. The number of carbonyl (C=O) groups is 1. The van der Waals surface area contributed by atoms with E-state index in [1.807, 2.05) is 6.26 Å². The number of anilines is 1. The highest BCUT2D eigenvalue weighted by atomic mass is 32.2. The molecule has 1 aromatic rings. The van der Waals surface area contributed by atoms with E-state index in [4.69, 9.17) is 5.73 Å². The molecule has 0 bridgehead atoms. The Morgan fingerprint density at radius 1 is 1.37 bits per heavy atom. The van der Waals surface area contributed by atoms with E-state index >= 15 is 0 Å². The Bertz CT molecular complexity index is 505. The van der Waals surface area contributed by atoms with Gasteiger partial charge in [-0.1, -0.05) is 11.8 Å². The topological polar surface area (TPSA) is 85.0 Å². The van der Waals surface area contributed by atoms with Gasteiger partial charge in [-0.3, -0.25) is 9.69 Å². The van der Waals surface area contributed by atoms with Crippen molar-refractivity contribution in [3.63, 3.8) is 0 Å². The summed E-state index contributed by atoms with van der Waals surface area (Å²) < 4.78 is 0. The van der Waals surface area contributed by atoms with Crippen LogP contribution in [-0.2, 0) is 4.79 Å². The van der Waals surface area contributed by atoms with Crippen molar-refractivity contribution in [1.29, 1.82) is 0 Å². The molecule has 0 radical (unpaired) electrons. The van der Waals surface area contributed by atoms with E-state index in [1.165, 1.54) is 11.8 Å². The normalized spacial score (nSPS) is 23.2. The third-order valence-corrected chi connectivity index (χ3v) is 4.07. The summed E-state index contributed by atoms with van der Waals surface area (Å²) in [7, 11) is 0. The predicted molar refractivity (Wildman–Crippen MR) is 73.1 cm³/mol. The lowest BCUT2D eigenvalue weighted by atomic mass is 10.1. The Kier molecular flexibility index (Phi) is 3.40. The van der Waals surface area contributed by atoms with Crippen LogP contribution in [0.2, 0.25) is 0 Å². The smallest absolute Gasteiger partial charge is 0.236 e. The lowest BCUT2D eigenvalue weighted by Crippen LogP contribution is -2.28. The lowest BCUT2D eigenvalue weighted by molar-refractivity contribution is -0.117. The molecule has 6 nitrogen and oxygen atoms in total. The molecule has 2 aliphatic rings. The SMILES string of the molecule is CSc1nc(C2CC2)nc(N2CC(CN)CC2=O)n1. The van der Waals surface area contributed by atoms with Crippen LogP contribution in [0.25, 0.3) is 0 Å². The molecule has 1 saturated heterocycles. The molecule has 1 unspecified atom stereocenters. The first-order valence-electron chi connectivity index (χ1n) is 6.51. The summed E-state index contributed by atoms with van der Waals surface area (Å²) in [6.45, 7) is 1.15. The first kappa shape index (κ1) is 12.8. The van der Waals surface area contributed by atoms with Crippen LogP contribution in [0.5, 0.6) is 0 Å². The highest BCUT2D eigenvalue weighted by Crippen LogP contribution is 2.39. The molecule has 2 N–H and O–H groups in total. The molecule has 1 atom stereocenters. The van der Waals surface area contributed by atoms with Gasteiger partial charge in [0, 0.05) is 18.9 Å². The first-order chi connectivity index (χ1) is 9.21. The fourth-order valence-electron chi connectivity index (χ4n) is 2.23. The number of hydrogen-bond acceptors (Lipinski definition) is 6. The van der Waals surface area contributed by atoms with Crippen LogP contribution in [0, 0.1) is 5.92 Å². The minimum absolute atomic E-state index is 0.0652. The molecule has 1 amide bonds. The van der Waals surface area contributed by atoms with Crippen LogP contribution in [0.15, 0.2) is 5.16 Å². The maximum Gasteiger partial charge on any atom is 0.236 e. The van der Waals surface area contributed by atoms with Gasteiger partial charge in [0.15, 0.2) is 5.16 Å². The average molecular weight is 279 g/mol. The van der Waals surface area contributed by atoms with Crippen LogP contribution in [0.4, 0.5) is 5.95 Å². The molecule has 2 fully saturated rings. The van der Waals surface area contributed by atoms with Gasteiger partial charge in [0.05, 0.1) is 0 Å². The van der Waals surface area contributed by atoms with E-state index in [-0.39, 0.29) is 11.8 Å². The number of amides is 1. The van der Waals surface area contributed by atoms with E-state index in [1.54, 1.807) is 4.90 Å². The summed E-state index contributed by atoms with van der Waals surface area (Å²) in [4.78, 5) is 26.9. The highest BCUT2D eigenvalue weighted by Gasteiger charge is 2.34. The highest BCUT2D eigenvalue weighted by molar-refractivity contribution is 7.98. The molecule has 1 aliphatic heterocycles. The molecule has 3 rings (SSSR count). The van der Waals surface area contributed by atoms with E-state index in [9.17, 15) is 4.79 Å². The lowest BCUT2D eigenvalue weighted by Gasteiger charge is -2.15. The van der Waals surface area contributed by atoms with Gasteiger partial charge in [-0.15, -0.1) is 0 Å². The van der Waals surface area contributed by atoms with Crippen LogP contribution >= 0.6 is 11.8 Å². The second kappa shape index (κ2) is 5.05. The number of carbonyl (C=O) groups excluding carboxylic acids is 1. The quantitative estimate of drug-likeness (QED) is 0.820. The Hall–Kier alpha value is -1.21. The van der Waals surface area contributed by atoms with E-state index in [0.29, 0.717) is 36.5 Å². The number of aromatic nitrogens is 3. The Morgan fingerprint density at radius 3 is 2.74 bits per heavy atom. The third kappa shape index (κ3) is 2.57. The standard InChI is InChI=1S/C12H17N5OS/c1-19-12-15-10(8-2-3-8)14-11(16-12)17-6-7(5-13)4-9(17)18/h7-8H,2-6,13H2,1H3. The molecule has 1 aliphatic carbocycles. The molecule has 19 heavy (non-hydrogen) atoms. The fourth-order valence-corrected chi connectivity index (χ4v) is 2.59. The zero-order chi connectivity index (χ0) is 13.4. The minimum atomic E-state index is 0.0652. The molecule has 2 heterocycles. The van der Waals surface area contributed by atoms with Gasteiger partial charge in [0.2, 0.25) is 11.9 Å². The number of nitrogens with two attached hydrogens (primary N) is 1. The van der Waals surface area contributed by atoms with Crippen molar-refractivity contribution in [2.75, 3.05) is 24.2 Å². The maximum atomic E-state index is 12.0. The zero-order valence-electron chi connectivity index (χ0n) is 10.9. The summed E-state index contributed by atoms with van der Waals surface area (Å²) in [5.74, 6) is 2.07. The van der Waals surface area contributed by atoms with Gasteiger partial charge in [-0.05, 0) is 31.6 Å². The first-order valence-corrected chi connectivity index (χ1v) is 7.74. The number of rotatable bonds is 4. The minimum Gasteiger partial charge on any atom is -0.330 e. The van der Waals surface area contributed by atoms with Crippen LogP contribution in [0.1, 0.15) is 31.0 Å². The summed E-state index contributed by atoms with van der Waals surface area (Å²) in [5, 5.41) is 0.691. The van der Waals surface area contributed by atoms with Crippen molar-refractivity contribution in [2.24, 2.45) is 11.7 Å². The Labute approximate surface area is 116 Å². The predicted octanol–water partition coefficient (Wildman–Crippen LogP) is 0.783. The monoisotopic (exact) mass is 279 g/mol. The largest absolute Gasteiger partial charge is 0.330 e. The third-order valence-electron chi connectivity index (χ3n) is 3.53. The van der Waals surface area contributed by atoms with Crippen LogP contribution in [0.3, 0.4) is 0 Å². The fraction of sp³-hybridized carbons (Fsp3) is 0.667. The van der Waals surface area contributed by atoms with Crippen molar-refractivity contribution in [3.8, 4) is 0 Å². The zero-order valence-corrected chi connectivity index (χ0v) is 11.7. The summed E-state index contributed by atoms with van der Waals surface area (Å²) in [6.07, 6.45) is 4.70. The number of hydrogen-bond donors (Lipinski definition) is 1. The molecular formula is C12H17N5OS. The molecule has 7 heteroatoms. The second-order valence-corrected chi connectivity index (χ2v) is 5.84. The molecule has 0 spiro atoms. The Morgan fingerprint density at radius 2 is 2.16 bits per heavy atom. The average Bonchev–Trinajstić information content (AvgIpc) is 3.21. The second-order valence-electron chi connectivity index (χ2n) is 5.06. The number of thioether (sulfide) groups is 1. The summed E-state index contributed by atoms with van der Waals surface area (Å²) in [6, 6.07) is 0. The molecule has 1 aromatic heterocycles. The molecule has 0 aromatic carbocycles. The van der Waals surface area contributed by atoms with Gasteiger partial charge in [-0.25, -0.2) is 4.98 Å². The Balaban J connectivity index is 1.91. The van der Waals surface area contributed by atoms with Gasteiger partial charge in [-0.2, -0.15) is 9.97 Å². The van der Waals surface area contributed by atoms with Crippen LogP contribution in [-0.4, -0.2) is 40.2 Å². The van der Waals surface area contributed by atoms with Crippen molar-refractivity contribution >= 4 is 23.6 Å². The van der Waals surface area contributed by atoms with E-state index in [0.717, 1.165) is 18.7 Å². The summed E-state index contributed by atoms with van der Waals surface area (Å²) in [5.41, 5.74) is 5.64. The van der Waals surface area contributed by atoms with E-state index in [2.05, 4.69) is 15.0 Å². The van der Waals surface area contributed by atoms with Crippen molar-refractivity contribution in [3.05, 3.63) is 5.82 Å². The molecule has 1 saturated carbocycles. The summed E-state index contributed by atoms with van der Waals surface area (Å²) >= 11 is 1.48.